The van der Waals surface area contributed by atoms with E-state index in [1.54, 1.807) is 0 Å². The molecule has 102 valence electrons. The lowest BCUT2D eigenvalue weighted by Crippen LogP contribution is -1.78. The van der Waals surface area contributed by atoms with E-state index in [1.165, 1.54) is 42.4 Å². The number of rotatable bonds is 1. The zero-order valence-electron chi connectivity index (χ0n) is 12.2. The third-order valence-corrected chi connectivity index (χ3v) is 5.47. The third-order valence-electron chi connectivity index (χ3n) is 4.08. The Morgan fingerprint density at radius 1 is 0.667 bits per heavy atom. The topological polar surface area (TPSA) is 0 Å². The van der Waals surface area contributed by atoms with Crippen LogP contribution < -0.4 is 0 Å². The molecule has 21 heavy (non-hydrogen) atoms. The Kier molecular flexibility index (Phi) is 2.83. The molecule has 4 aromatic rings. The minimum Gasteiger partial charge on any atom is -0.134 e. The van der Waals surface area contributed by atoms with E-state index in [0.29, 0.717) is 0 Å². The van der Waals surface area contributed by atoms with Gasteiger partial charge in [0.15, 0.2) is 0 Å². The fraction of sp³-hybridized carbons (Fsp3) is 0.100. The fourth-order valence-electron chi connectivity index (χ4n) is 2.92. The summed E-state index contributed by atoms with van der Waals surface area (Å²) in [5.74, 6) is 0. The minimum atomic E-state index is 1.30. The summed E-state index contributed by atoms with van der Waals surface area (Å²) in [4.78, 5) is 0. The molecule has 0 atom stereocenters. The molecule has 0 bridgehead atoms. The van der Waals surface area contributed by atoms with Crippen molar-refractivity contribution in [2.75, 3.05) is 0 Å². The molecule has 0 unspecified atom stereocenters. The van der Waals surface area contributed by atoms with Crippen LogP contribution in [0.5, 0.6) is 0 Å². The Labute approximate surface area is 128 Å². The molecule has 0 N–H and O–H groups in total. The SMILES string of the molecule is Cc1ccc(-c2cccc3c2sc2c(C)cccc23)cc1. The van der Waals surface area contributed by atoms with E-state index in [9.17, 15) is 0 Å². The Morgan fingerprint density at radius 2 is 1.33 bits per heavy atom. The van der Waals surface area contributed by atoms with Gasteiger partial charge in [0.1, 0.15) is 0 Å². The average molecular weight is 288 g/mol. The van der Waals surface area contributed by atoms with Crippen molar-refractivity contribution in [2.45, 2.75) is 13.8 Å². The maximum Gasteiger partial charge on any atom is 0.0433 e. The molecule has 0 spiro atoms. The second-order valence-electron chi connectivity index (χ2n) is 5.60. The van der Waals surface area contributed by atoms with Crippen molar-refractivity contribution in [3.63, 3.8) is 0 Å². The smallest absolute Gasteiger partial charge is 0.0433 e. The molecule has 0 radical (unpaired) electrons. The van der Waals surface area contributed by atoms with Crippen molar-refractivity contribution in [1.82, 2.24) is 0 Å². The molecule has 1 heterocycles. The van der Waals surface area contributed by atoms with E-state index in [1.807, 2.05) is 11.3 Å². The molecule has 0 saturated heterocycles. The molecule has 0 amide bonds. The molecular weight excluding hydrogens is 272 g/mol. The first-order chi connectivity index (χ1) is 10.2. The van der Waals surface area contributed by atoms with Gasteiger partial charge in [-0.3, -0.25) is 0 Å². The Balaban J connectivity index is 2.08. The van der Waals surface area contributed by atoms with Gasteiger partial charge < -0.3 is 0 Å². The largest absolute Gasteiger partial charge is 0.134 e. The predicted molar refractivity (Wildman–Crippen MR) is 94.2 cm³/mol. The number of benzene rings is 3. The highest BCUT2D eigenvalue weighted by atomic mass is 32.1. The van der Waals surface area contributed by atoms with Crippen molar-refractivity contribution in [3.8, 4) is 11.1 Å². The van der Waals surface area contributed by atoms with Gasteiger partial charge in [-0.25, -0.2) is 0 Å². The van der Waals surface area contributed by atoms with Crippen LogP contribution in [-0.4, -0.2) is 0 Å². The van der Waals surface area contributed by atoms with E-state index < -0.39 is 0 Å². The molecule has 1 heteroatoms. The second kappa shape index (κ2) is 4.71. The summed E-state index contributed by atoms with van der Waals surface area (Å²) in [6.45, 7) is 4.33. The lowest BCUT2D eigenvalue weighted by atomic mass is 10.0. The number of thiophene rings is 1. The van der Waals surface area contributed by atoms with Crippen molar-refractivity contribution in [3.05, 3.63) is 71.8 Å². The molecule has 4 rings (SSSR count). The Morgan fingerprint density at radius 3 is 2.10 bits per heavy atom. The summed E-state index contributed by atoms with van der Waals surface area (Å²) in [5, 5.41) is 2.75. The van der Waals surface area contributed by atoms with Crippen LogP contribution in [0.2, 0.25) is 0 Å². The quantitative estimate of drug-likeness (QED) is 0.383. The van der Waals surface area contributed by atoms with Crippen LogP contribution in [0.15, 0.2) is 60.7 Å². The van der Waals surface area contributed by atoms with Gasteiger partial charge in [-0.1, -0.05) is 66.2 Å². The summed E-state index contributed by atoms with van der Waals surface area (Å²) >= 11 is 1.91. The standard InChI is InChI=1S/C20H16S/c1-13-9-11-15(12-10-13)16-6-4-8-18-17-7-3-5-14(2)19(17)21-20(16)18/h3-12H,1-2H3. The van der Waals surface area contributed by atoms with Crippen LogP contribution >= 0.6 is 11.3 Å². The van der Waals surface area contributed by atoms with Crippen molar-refractivity contribution >= 4 is 31.5 Å². The molecule has 1 aromatic heterocycles. The summed E-state index contributed by atoms with van der Waals surface area (Å²) in [7, 11) is 0. The molecule has 3 aromatic carbocycles. The number of hydrogen-bond acceptors (Lipinski definition) is 1. The summed E-state index contributed by atoms with van der Waals surface area (Å²) in [5.41, 5.74) is 5.31. The summed E-state index contributed by atoms with van der Waals surface area (Å²) < 4.78 is 2.80. The highest BCUT2D eigenvalue weighted by Gasteiger charge is 2.10. The van der Waals surface area contributed by atoms with Crippen molar-refractivity contribution < 1.29 is 0 Å². The van der Waals surface area contributed by atoms with E-state index in [-0.39, 0.29) is 0 Å². The normalized spacial score (nSPS) is 11.3. The highest BCUT2D eigenvalue weighted by molar-refractivity contribution is 7.26. The molecule has 0 aliphatic carbocycles. The average Bonchev–Trinajstić information content (AvgIpc) is 2.89. The highest BCUT2D eigenvalue weighted by Crippen LogP contribution is 2.40. The molecule has 0 saturated carbocycles. The number of fused-ring (bicyclic) bond motifs is 3. The van der Waals surface area contributed by atoms with Gasteiger partial charge in [0.05, 0.1) is 0 Å². The second-order valence-corrected chi connectivity index (χ2v) is 6.62. The predicted octanol–water partition coefficient (Wildman–Crippen LogP) is 6.34. The molecule has 0 aliphatic rings. The number of aryl methyl sites for hydroxylation is 2. The van der Waals surface area contributed by atoms with E-state index in [4.69, 9.17) is 0 Å². The van der Waals surface area contributed by atoms with Gasteiger partial charge in [-0.15, -0.1) is 11.3 Å². The third kappa shape index (κ3) is 1.97. The van der Waals surface area contributed by atoms with Gasteiger partial charge in [0.25, 0.3) is 0 Å². The Hall–Kier alpha value is -2.12. The zero-order chi connectivity index (χ0) is 14.4. The minimum absolute atomic E-state index is 1.30. The maximum atomic E-state index is 2.24. The van der Waals surface area contributed by atoms with Crippen LogP contribution in [0.1, 0.15) is 11.1 Å². The van der Waals surface area contributed by atoms with Crippen LogP contribution in [-0.2, 0) is 0 Å². The van der Waals surface area contributed by atoms with Crippen LogP contribution in [0.4, 0.5) is 0 Å². The van der Waals surface area contributed by atoms with E-state index >= 15 is 0 Å². The molecule has 0 fully saturated rings. The van der Waals surface area contributed by atoms with Crippen molar-refractivity contribution in [2.24, 2.45) is 0 Å². The van der Waals surface area contributed by atoms with Crippen LogP contribution in [0.25, 0.3) is 31.3 Å². The Bertz CT molecular complexity index is 943. The van der Waals surface area contributed by atoms with Crippen LogP contribution in [0, 0.1) is 13.8 Å². The maximum absolute atomic E-state index is 2.24. The van der Waals surface area contributed by atoms with Gasteiger partial charge >= 0.3 is 0 Å². The lowest BCUT2D eigenvalue weighted by Gasteiger charge is -2.04. The zero-order valence-corrected chi connectivity index (χ0v) is 13.0. The number of hydrogen-bond donors (Lipinski definition) is 0. The van der Waals surface area contributed by atoms with Gasteiger partial charge in [0.2, 0.25) is 0 Å². The van der Waals surface area contributed by atoms with Gasteiger partial charge in [0, 0.05) is 20.2 Å². The summed E-state index contributed by atoms with van der Waals surface area (Å²) in [6.07, 6.45) is 0. The summed E-state index contributed by atoms with van der Waals surface area (Å²) in [6, 6.07) is 22.1. The first-order valence-electron chi connectivity index (χ1n) is 7.22. The fourth-order valence-corrected chi connectivity index (χ4v) is 4.23. The first kappa shape index (κ1) is 12.6. The van der Waals surface area contributed by atoms with E-state index in [0.717, 1.165) is 0 Å². The lowest BCUT2D eigenvalue weighted by molar-refractivity contribution is 1.47. The van der Waals surface area contributed by atoms with Crippen LogP contribution in [0.3, 0.4) is 0 Å². The van der Waals surface area contributed by atoms with E-state index in [2.05, 4.69) is 74.5 Å². The first-order valence-corrected chi connectivity index (χ1v) is 8.03. The van der Waals surface area contributed by atoms with Gasteiger partial charge in [-0.05, 0) is 30.5 Å². The monoisotopic (exact) mass is 288 g/mol. The van der Waals surface area contributed by atoms with Gasteiger partial charge in [-0.2, -0.15) is 0 Å². The van der Waals surface area contributed by atoms with Crippen molar-refractivity contribution in [1.29, 1.82) is 0 Å². The molecular formula is C20H16S. The molecule has 0 nitrogen and oxygen atoms in total. The molecule has 0 aliphatic heterocycles.